The average molecular weight is 252 g/mol. The quantitative estimate of drug-likeness (QED) is 0.808. The molecule has 2 saturated carbocycles. The highest BCUT2D eigenvalue weighted by Gasteiger charge is 2.30. The lowest BCUT2D eigenvalue weighted by molar-refractivity contribution is -0.125. The molecule has 2 aliphatic rings. The van der Waals surface area contributed by atoms with Crippen molar-refractivity contribution in [1.29, 1.82) is 0 Å². The molecule has 2 rings (SSSR count). The second kappa shape index (κ2) is 6.55. The molecule has 104 valence electrons. The lowest BCUT2D eigenvalue weighted by atomic mass is 9.83. The third kappa shape index (κ3) is 3.71. The van der Waals surface area contributed by atoms with Gasteiger partial charge in [-0.3, -0.25) is 4.79 Å². The van der Waals surface area contributed by atoms with Crippen LogP contribution in [0.15, 0.2) is 0 Å². The molecule has 3 heteroatoms. The Labute approximate surface area is 111 Å². The van der Waals surface area contributed by atoms with Crippen molar-refractivity contribution >= 4 is 5.91 Å². The summed E-state index contributed by atoms with van der Waals surface area (Å²) in [5.41, 5.74) is 5.87. The molecule has 0 aromatic heterocycles. The standard InChI is InChI=1S/C15H28N2O/c1-2-3-11-4-8-14(9-5-11)17-15(18)12-6-7-13(16)10-12/h11-14H,2-10,16H2,1H3,(H,17,18). The van der Waals surface area contributed by atoms with Gasteiger partial charge in [0.2, 0.25) is 5.91 Å². The molecule has 1 amide bonds. The van der Waals surface area contributed by atoms with Gasteiger partial charge < -0.3 is 11.1 Å². The zero-order valence-electron chi connectivity index (χ0n) is 11.7. The second-order valence-corrected chi connectivity index (χ2v) is 6.28. The Morgan fingerprint density at radius 1 is 1.17 bits per heavy atom. The highest BCUT2D eigenvalue weighted by molar-refractivity contribution is 5.79. The van der Waals surface area contributed by atoms with Crippen LogP contribution < -0.4 is 11.1 Å². The van der Waals surface area contributed by atoms with Crippen molar-refractivity contribution in [2.24, 2.45) is 17.6 Å². The molecule has 0 spiro atoms. The lowest BCUT2D eigenvalue weighted by Gasteiger charge is -2.29. The summed E-state index contributed by atoms with van der Waals surface area (Å²) in [5, 5.41) is 3.25. The van der Waals surface area contributed by atoms with Crippen molar-refractivity contribution in [2.75, 3.05) is 0 Å². The van der Waals surface area contributed by atoms with Crippen molar-refractivity contribution < 1.29 is 4.79 Å². The van der Waals surface area contributed by atoms with Crippen LogP contribution in [-0.4, -0.2) is 18.0 Å². The summed E-state index contributed by atoms with van der Waals surface area (Å²) in [6.07, 6.45) is 10.5. The molecule has 2 unspecified atom stereocenters. The molecule has 0 saturated heterocycles. The molecular formula is C15H28N2O. The normalized spacial score (nSPS) is 36.6. The van der Waals surface area contributed by atoms with Crippen LogP contribution in [0, 0.1) is 11.8 Å². The van der Waals surface area contributed by atoms with E-state index in [1.165, 1.54) is 38.5 Å². The van der Waals surface area contributed by atoms with Gasteiger partial charge in [-0.2, -0.15) is 0 Å². The predicted octanol–water partition coefficient (Wildman–Crippen LogP) is 2.59. The number of nitrogens with two attached hydrogens (primary N) is 1. The summed E-state index contributed by atoms with van der Waals surface area (Å²) in [4.78, 5) is 12.1. The Bertz CT molecular complexity index is 272. The van der Waals surface area contributed by atoms with E-state index in [0.717, 1.165) is 25.2 Å². The zero-order valence-corrected chi connectivity index (χ0v) is 11.7. The number of hydrogen-bond donors (Lipinski definition) is 2. The third-order valence-corrected chi connectivity index (χ3v) is 4.73. The molecule has 2 aliphatic carbocycles. The fourth-order valence-corrected chi connectivity index (χ4v) is 3.58. The first-order valence-electron chi connectivity index (χ1n) is 7.75. The summed E-state index contributed by atoms with van der Waals surface area (Å²) in [7, 11) is 0. The maximum Gasteiger partial charge on any atom is 0.223 e. The second-order valence-electron chi connectivity index (χ2n) is 6.28. The number of nitrogens with one attached hydrogen (secondary N) is 1. The maximum absolute atomic E-state index is 12.1. The Balaban J connectivity index is 1.69. The number of carbonyl (C=O) groups is 1. The summed E-state index contributed by atoms with van der Waals surface area (Å²) < 4.78 is 0. The molecule has 2 atom stereocenters. The number of rotatable bonds is 4. The first kappa shape index (κ1) is 13.9. The minimum atomic E-state index is 0.188. The first-order valence-corrected chi connectivity index (χ1v) is 7.75. The van der Waals surface area contributed by atoms with E-state index in [1.54, 1.807) is 0 Å². The van der Waals surface area contributed by atoms with Gasteiger partial charge in [0, 0.05) is 18.0 Å². The first-order chi connectivity index (χ1) is 8.69. The Kier molecular flexibility index (Phi) is 5.04. The van der Waals surface area contributed by atoms with Gasteiger partial charge in [-0.1, -0.05) is 19.8 Å². The molecule has 3 N–H and O–H groups in total. The van der Waals surface area contributed by atoms with E-state index in [9.17, 15) is 4.79 Å². The van der Waals surface area contributed by atoms with Gasteiger partial charge in [0.05, 0.1) is 0 Å². The Morgan fingerprint density at radius 3 is 2.44 bits per heavy atom. The number of carbonyl (C=O) groups excluding carboxylic acids is 1. The minimum Gasteiger partial charge on any atom is -0.353 e. The summed E-state index contributed by atoms with van der Waals surface area (Å²) in [5.74, 6) is 1.36. The molecule has 2 fully saturated rings. The van der Waals surface area contributed by atoms with Crippen molar-refractivity contribution in [3.63, 3.8) is 0 Å². The van der Waals surface area contributed by atoms with Crippen LogP contribution in [0.1, 0.15) is 64.7 Å². The lowest BCUT2D eigenvalue weighted by Crippen LogP contribution is -2.40. The fraction of sp³-hybridized carbons (Fsp3) is 0.933. The highest BCUT2D eigenvalue weighted by Crippen LogP contribution is 2.29. The largest absolute Gasteiger partial charge is 0.353 e. The van der Waals surface area contributed by atoms with Gasteiger partial charge in [0.1, 0.15) is 0 Å². The van der Waals surface area contributed by atoms with E-state index >= 15 is 0 Å². The SMILES string of the molecule is CCCC1CCC(NC(=O)C2CCC(N)C2)CC1. The summed E-state index contributed by atoms with van der Waals surface area (Å²) in [6.45, 7) is 2.26. The summed E-state index contributed by atoms with van der Waals surface area (Å²) in [6, 6.07) is 0.684. The molecule has 0 bridgehead atoms. The van der Waals surface area contributed by atoms with E-state index < -0.39 is 0 Å². The van der Waals surface area contributed by atoms with Gasteiger partial charge >= 0.3 is 0 Å². The molecule has 0 aromatic rings. The van der Waals surface area contributed by atoms with Crippen LogP contribution in [0.4, 0.5) is 0 Å². The fourth-order valence-electron chi connectivity index (χ4n) is 3.58. The average Bonchev–Trinajstić information content (AvgIpc) is 2.79. The van der Waals surface area contributed by atoms with E-state index in [4.69, 9.17) is 5.73 Å². The van der Waals surface area contributed by atoms with E-state index in [-0.39, 0.29) is 17.9 Å². The van der Waals surface area contributed by atoms with Gasteiger partial charge in [-0.05, 0) is 50.9 Å². The predicted molar refractivity (Wildman–Crippen MR) is 74.1 cm³/mol. The van der Waals surface area contributed by atoms with Gasteiger partial charge in [0.25, 0.3) is 0 Å². The van der Waals surface area contributed by atoms with Crippen LogP contribution in [0.3, 0.4) is 0 Å². The Morgan fingerprint density at radius 2 is 1.89 bits per heavy atom. The molecule has 0 aromatic carbocycles. The molecule has 0 aliphatic heterocycles. The summed E-state index contributed by atoms with van der Waals surface area (Å²) >= 11 is 0. The van der Waals surface area contributed by atoms with Crippen molar-refractivity contribution in [2.45, 2.75) is 76.8 Å². The minimum absolute atomic E-state index is 0.188. The topological polar surface area (TPSA) is 55.1 Å². The number of hydrogen-bond acceptors (Lipinski definition) is 2. The van der Waals surface area contributed by atoms with E-state index in [2.05, 4.69) is 12.2 Å². The third-order valence-electron chi connectivity index (χ3n) is 4.73. The van der Waals surface area contributed by atoms with Crippen molar-refractivity contribution in [1.82, 2.24) is 5.32 Å². The van der Waals surface area contributed by atoms with Crippen LogP contribution in [0.25, 0.3) is 0 Å². The smallest absolute Gasteiger partial charge is 0.223 e. The van der Waals surface area contributed by atoms with Crippen molar-refractivity contribution in [3.8, 4) is 0 Å². The van der Waals surface area contributed by atoms with E-state index in [0.29, 0.717) is 6.04 Å². The Hall–Kier alpha value is -0.570. The van der Waals surface area contributed by atoms with Crippen LogP contribution in [0.5, 0.6) is 0 Å². The van der Waals surface area contributed by atoms with Gasteiger partial charge in [0.15, 0.2) is 0 Å². The highest BCUT2D eigenvalue weighted by atomic mass is 16.1. The molecule has 18 heavy (non-hydrogen) atoms. The maximum atomic E-state index is 12.1. The number of amides is 1. The van der Waals surface area contributed by atoms with Gasteiger partial charge in [-0.25, -0.2) is 0 Å². The monoisotopic (exact) mass is 252 g/mol. The molecule has 0 radical (unpaired) electrons. The van der Waals surface area contributed by atoms with Crippen LogP contribution in [-0.2, 0) is 4.79 Å². The molecule has 0 heterocycles. The van der Waals surface area contributed by atoms with Crippen LogP contribution >= 0.6 is 0 Å². The van der Waals surface area contributed by atoms with Crippen LogP contribution in [0.2, 0.25) is 0 Å². The van der Waals surface area contributed by atoms with Gasteiger partial charge in [-0.15, -0.1) is 0 Å². The molecule has 3 nitrogen and oxygen atoms in total. The molecular weight excluding hydrogens is 224 g/mol. The zero-order chi connectivity index (χ0) is 13.0. The van der Waals surface area contributed by atoms with E-state index in [1.807, 2.05) is 0 Å². The van der Waals surface area contributed by atoms with Crippen molar-refractivity contribution in [3.05, 3.63) is 0 Å².